The number of aromatic amines is 1. The lowest BCUT2D eigenvalue weighted by Gasteiger charge is -2.05. The van der Waals surface area contributed by atoms with Crippen molar-refractivity contribution in [2.45, 2.75) is 11.1 Å². The Balaban J connectivity index is 0.000000168. The SMILES string of the molecule is FC(F)(F)c1ccc(S)cc1.Nc1cn[nH]c1-c1ccccc1. The molecule has 3 rings (SSSR count). The molecule has 23 heavy (non-hydrogen) atoms. The summed E-state index contributed by atoms with van der Waals surface area (Å²) in [5, 5.41) is 6.69. The topological polar surface area (TPSA) is 54.7 Å². The molecule has 1 heterocycles. The number of anilines is 1. The van der Waals surface area contributed by atoms with Crippen LogP contribution in [0.25, 0.3) is 11.3 Å². The number of hydrogen-bond acceptors (Lipinski definition) is 3. The maximum atomic E-state index is 11.9. The molecule has 0 aliphatic carbocycles. The van der Waals surface area contributed by atoms with Crippen LogP contribution in [-0.4, -0.2) is 10.2 Å². The third kappa shape index (κ3) is 4.79. The summed E-state index contributed by atoms with van der Waals surface area (Å²) < 4.78 is 35.7. The standard InChI is InChI=1S/C9H9N3.C7H5F3S/c10-8-6-11-12-9(8)7-4-2-1-3-5-7;8-7(9,10)5-1-3-6(11)4-2-5/h1-6H,10H2,(H,11,12);1-4,11H. The average Bonchev–Trinajstić information content (AvgIpc) is 2.94. The Bertz CT molecular complexity index is 737. The molecule has 0 fully saturated rings. The first-order chi connectivity index (χ1) is 10.9. The van der Waals surface area contributed by atoms with Gasteiger partial charge in [0, 0.05) is 10.5 Å². The maximum absolute atomic E-state index is 11.9. The minimum atomic E-state index is -4.25. The molecule has 0 saturated heterocycles. The summed E-state index contributed by atoms with van der Waals surface area (Å²) in [7, 11) is 0. The number of alkyl halides is 3. The van der Waals surface area contributed by atoms with E-state index in [2.05, 4.69) is 22.8 Å². The monoisotopic (exact) mass is 337 g/mol. The van der Waals surface area contributed by atoms with Crippen LogP contribution in [0.2, 0.25) is 0 Å². The summed E-state index contributed by atoms with van der Waals surface area (Å²) >= 11 is 3.86. The number of aromatic nitrogens is 2. The van der Waals surface area contributed by atoms with Gasteiger partial charge in [-0.25, -0.2) is 0 Å². The smallest absolute Gasteiger partial charge is 0.396 e. The molecule has 2 aromatic carbocycles. The fourth-order valence-corrected chi connectivity index (χ4v) is 1.93. The normalized spacial score (nSPS) is 10.8. The molecular weight excluding hydrogens is 323 g/mol. The van der Waals surface area contributed by atoms with Crippen LogP contribution in [0.1, 0.15) is 5.56 Å². The summed E-state index contributed by atoms with van der Waals surface area (Å²) in [4.78, 5) is 0.526. The largest absolute Gasteiger partial charge is 0.416 e. The number of nitrogen functional groups attached to an aromatic ring is 1. The molecule has 1 aromatic heterocycles. The van der Waals surface area contributed by atoms with E-state index >= 15 is 0 Å². The number of nitrogens with zero attached hydrogens (tertiary/aromatic N) is 1. The van der Waals surface area contributed by atoms with Crippen molar-refractivity contribution in [2.24, 2.45) is 0 Å². The summed E-state index contributed by atoms with van der Waals surface area (Å²) in [5.74, 6) is 0. The molecule has 0 saturated carbocycles. The van der Waals surface area contributed by atoms with E-state index in [-0.39, 0.29) is 0 Å². The lowest BCUT2D eigenvalue weighted by atomic mass is 10.1. The van der Waals surface area contributed by atoms with E-state index in [1.54, 1.807) is 6.20 Å². The van der Waals surface area contributed by atoms with Gasteiger partial charge in [-0.3, -0.25) is 5.10 Å². The minimum Gasteiger partial charge on any atom is -0.396 e. The van der Waals surface area contributed by atoms with E-state index in [0.717, 1.165) is 23.4 Å². The van der Waals surface area contributed by atoms with Gasteiger partial charge >= 0.3 is 6.18 Å². The van der Waals surface area contributed by atoms with E-state index < -0.39 is 11.7 Å². The van der Waals surface area contributed by atoms with Crippen molar-refractivity contribution in [1.29, 1.82) is 0 Å². The van der Waals surface area contributed by atoms with E-state index in [1.807, 2.05) is 30.3 Å². The van der Waals surface area contributed by atoms with Crippen LogP contribution in [-0.2, 0) is 6.18 Å². The highest BCUT2D eigenvalue weighted by Gasteiger charge is 2.29. The molecule has 120 valence electrons. The molecule has 0 aliphatic heterocycles. The second kappa shape index (κ2) is 7.23. The zero-order chi connectivity index (χ0) is 16.9. The third-order valence-corrected chi connectivity index (χ3v) is 3.22. The van der Waals surface area contributed by atoms with Crippen molar-refractivity contribution in [3.05, 3.63) is 66.4 Å². The zero-order valence-corrected chi connectivity index (χ0v) is 12.8. The van der Waals surface area contributed by atoms with Crippen LogP contribution < -0.4 is 5.73 Å². The Morgan fingerprint density at radius 2 is 1.57 bits per heavy atom. The molecule has 0 spiro atoms. The number of halogens is 3. The molecule has 0 bridgehead atoms. The number of thiol groups is 1. The van der Waals surface area contributed by atoms with Crippen molar-refractivity contribution in [3.8, 4) is 11.3 Å². The zero-order valence-electron chi connectivity index (χ0n) is 11.9. The van der Waals surface area contributed by atoms with Crippen LogP contribution in [0.15, 0.2) is 65.7 Å². The fraction of sp³-hybridized carbons (Fsp3) is 0.0625. The Hall–Kier alpha value is -2.41. The quantitative estimate of drug-likeness (QED) is 0.566. The van der Waals surface area contributed by atoms with E-state index in [4.69, 9.17) is 5.73 Å². The van der Waals surface area contributed by atoms with Gasteiger partial charge in [0.15, 0.2) is 0 Å². The third-order valence-electron chi connectivity index (χ3n) is 2.93. The highest BCUT2D eigenvalue weighted by molar-refractivity contribution is 7.80. The van der Waals surface area contributed by atoms with Gasteiger partial charge in [-0.15, -0.1) is 12.6 Å². The first-order valence-electron chi connectivity index (χ1n) is 6.58. The Morgan fingerprint density at radius 3 is 2.04 bits per heavy atom. The maximum Gasteiger partial charge on any atom is 0.416 e. The lowest BCUT2D eigenvalue weighted by Crippen LogP contribution is -2.03. The molecule has 3 N–H and O–H groups in total. The molecule has 0 atom stereocenters. The van der Waals surface area contributed by atoms with Gasteiger partial charge in [0.1, 0.15) is 0 Å². The van der Waals surface area contributed by atoms with E-state index in [0.29, 0.717) is 10.6 Å². The summed E-state index contributed by atoms with van der Waals surface area (Å²) in [6, 6.07) is 14.5. The highest BCUT2D eigenvalue weighted by Crippen LogP contribution is 2.29. The summed E-state index contributed by atoms with van der Waals surface area (Å²) in [6.07, 6.45) is -2.64. The van der Waals surface area contributed by atoms with Gasteiger partial charge in [-0.05, 0) is 24.3 Å². The molecule has 7 heteroatoms. The van der Waals surface area contributed by atoms with Crippen LogP contribution >= 0.6 is 12.6 Å². The first kappa shape index (κ1) is 17.0. The number of benzene rings is 2. The number of H-pyrrole nitrogens is 1. The van der Waals surface area contributed by atoms with Crippen molar-refractivity contribution < 1.29 is 13.2 Å². The molecule has 3 aromatic rings. The van der Waals surface area contributed by atoms with Crippen molar-refractivity contribution in [2.75, 3.05) is 5.73 Å². The highest BCUT2D eigenvalue weighted by atomic mass is 32.1. The fourth-order valence-electron chi connectivity index (χ4n) is 1.78. The number of nitrogens with one attached hydrogen (secondary N) is 1. The minimum absolute atomic E-state index is 0.526. The molecule has 3 nitrogen and oxygen atoms in total. The number of nitrogens with two attached hydrogens (primary N) is 1. The van der Waals surface area contributed by atoms with Crippen molar-refractivity contribution in [3.63, 3.8) is 0 Å². The molecular formula is C16H14F3N3S. The Labute approximate surface area is 136 Å². The molecule has 0 radical (unpaired) electrons. The molecule has 0 unspecified atom stereocenters. The van der Waals surface area contributed by atoms with Crippen molar-refractivity contribution >= 4 is 18.3 Å². The van der Waals surface area contributed by atoms with Gasteiger partial charge in [0.2, 0.25) is 0 Å². The van der Waals surface area contributed by atoms with Gasteiger partial charge in [-0.2, -0.15) is 18.3 Å². The van der Waals surface area contributed by atoms with Gasteiger partial charge in [-0.1, -0.05) is 30.3 Å². The number of rotatable bonds is 1. The van der Waals surface area contributed by atoms with Crippen LogP contribution in [0.5, 0.6) is 0 Å². The first-order valence-corrected chi connectivity index (χ1v) is 7.03. The second-order valence-corrected chi connectivity index (χ2v) is 5.13. The molecule has 0 aliphatic rings. The van der Waals surface area contributed by atoms with Gasteiger partial charge in [0.05, 0.1) is 23.1 Å². The number of hydrogen-bond donors (Lipinski definition) is 3. The Kier molecular flexibility index (Phi) is 5.33. The summed E-state index contributed by atoms with van der Waals surface area (Å²) in [5.41, 5.74) is 7.66. The predicted octanol–water partition coefficient (Wildman–Crippen LogP) is 4.65. The predicted molar refractivity (Wildman–Crippen MR) is 87.1 cm³/mol. The van der Waals surface area contributed by atoms with Crippen molar-refractivity contribution in [1.82, 2.24) is 10.2 Å². The van der Waals surface area contributed by atoms with Crippen LogP contribution in [0.4, 0.5) is 18.9 Å². The van der Waals surface area contributed by atoms with E-state index in [1.165, 1.54) is 12.1 Å². The lowest BCUT2D eigenvalue weighted by molar-refractivity contribution is -0.137. The van der Waals surface area contributed by atoms with Crippen LogP contribution in [0.3, 0.4) is 0 Å². The van der Waals surface area contributed by atoms with Gasteiger partial charge < -0.3 is 5.73 Å². The van der Waals surface area contributed by atoms with Gasteiger partial charge in [0.25, 0.3) is 0 Å². The average molecular weight is 337 g/mol. The second-order valence-electron chi connectivity index (χ2n) is 4.61. The van der Waals surface area contributed by atoms with Crippen LogP contribution in [0, 0.1) is 0 Å². The Morgan fingerprint density at radius 1 is 0.957 bits per heavy atom. The van der Waals surface area contributed by atoms with E-state index in [9.17, 15) is 13.2 Å². The summed E-state index contributed by atoms with van der Waals surface area (Å²) in [6.45, 7) is 0. The molecule has 0 amide bonds.